The van der Waals surface area contributed by atoms with E-state index in [4.69, 9.17) is 4.42 Å². The van der Waals surface area contributed by atoms with E-state index in [1.807, 2.05) is 19.1 Å². The third-order valence-corrected chi connectivity index (χ3v) is 3.86. The largest absolute Gasteiger partial charge is 0.423 e. The molecule has 24 heavy (non-hydrogen) atoms. The Labute approximate surface area is 137 Å². The summed E-state index contributed by atoms with van der Waals surface area (Å²) in [5.41, 5.74) is 1.69. The Morgan fingerprint density at radius 3 is 2.71 bits per heavy atom. The minimum Gasteiger partial charge on any atom is -0.423 e. The van der Waals surface area contributed by atoms with Crippen molar-refractivity contribution in [1.29, 1.82) is 0 Å². The summed E-state index contributed by atoms with van der Waals surface area (Å²) in [6.07, 6.45) is 0.843. The van der Waals surface area contributed by atoms with Gasteiger partial charge < -0.3 is 9.73 Å². The average molecular weight is 325 g/mol. The molecule has 0 bridgehead atoms. The van der Waals surface area contributed by atoms with Crippen molar-refractivity contribution >= 4 is 16.9 Å². The number of carbonyl (C=O) groups is 1. The second-order valence-electron chi connectivity index (χ2n) is 5.44. The second kappa shape index (κ2) is 6.66. The van der Waals surface area contributed by atoms with Gasteiger partial charge in [0.05, 0.1) is 5.56 Å². The summed E-state index contributed by atoms with van der Waals surface area (Å²) in [6.45, 7) is 2.14. The highest BCUT2D eigenvalue weighted by Gasteiger charge is 2.12. The van der Waals surface area contributed by atoms with Gasteiger partial charge >= 0.3 is 5.63 Å². The molecule has 3 aromatic rings. The Balaban J connectivity index is 1.91. The zero-order chi connectivity index (χ0) is 17.1. The zero-order valence-corrected chi connectivity index (χ0v) is 13.1. The predicted molar refractivity (Wildman–Crippen MR) is 89.4 cm³/mol. The van der Waals surface area contributed by atoms with E-state index in [2.05, 4.69) is 5.32 Å². The molecule has 3 rings (SSSR count). The van der Waals surface area contributed by atoms with E-state index in [0.717, 1.165) is 17.4 Å². The van der Waals surface area contributed by atoms with Crippen LogP contribution in [0.4, 0.5) is 4.39 Å². The van der Waals surface area contributed by atoms with Crippen LogP contribution in [0.25, 0.3) is 11.0 Å². The van der Waals surface area contributed by atoms with Crippen LogP contribution in [0, 0.1) is 5.82 Å². The monoisotopic (exact) mass is 325 g/mol. The third kappa shape index (κ3) is 3.20. The summed E-state index contributed by atoms with van der Waals surface area (Å²) in [5, 5.41) is 3.42. The van der Waals surface area contributed by atoms with E-state index in [1.54, 1.807) is 12.1 Å². The molecule has 0 radical (unpaired) electrons. The van der Waals surface area contributed by atoms with Crippen LogP contribution in [0.3, 0.4) is 0 Å². The van der Waals surface area contributed by atoms with Gasteiger partial charge in [0.1, 0.15) is 11.4 Å². The fourth-order valence-electron chi connectivity index (χ4n) is 2.56. The maximum absolute atomic E-state index is 13.7. The normalized spacial score (nSPS) is 10.8. The number of benzene rings is 2. The van der Waals surface area contributed by atoms with E-state index < -0.39 is 17.3 Å². The first-order valence-corrected chi connectivity index (χ1v) is 7.67. The summed E-state index contributed by atoms with van der Waals surface area (Å²) < 4.78 is 18.8. The number of nitrogens with one attached hydrogen (secondary N) is 1. The van der Waals surface area contributed by atoms with Crippen molar-refractivity contribution in [3.63, 3.8) is 0 Å². The minimum atomic E-state index is -0.583. The Morgan fingerprint density at radius 2 is 1.96 bits per heavy atom. The van der Waals surface area contributed by atoms with E-state index in [1.165, 1.54) is 24.3 Å². The molecule has 0 aliphatic rings. The molecule has 0 saturated carbocycles. The summed E-state index contributed by atoms with van der Waals surface area (Å²) in [7, 11) is 0. The summed E-state index contributed by atoms with van der Waals surface area (Å²) in [5.74, 6) is -1.11. The van der Waals surface area contributed by atoms with Crippen LogP contribution < -0.4 is 10.9 Å². The zero-order valence-electron chi connectivity index (χ0n) is 13.1. The number of carbonyl (C=O) groups excluding carboxylic acids is 1. The van der Waals surface area contributed by atoms with Gasteiger partial charge in [-0.25, -0.2) is 9.18 Å². The van der Waals surface area contributed by atoms with Crippen molar-refractivity contribution in [2.75, 3.05) is 0 Å². The highest BCUT2D eigenvalue weighted by molar-refractivity contribution is 5.94. The molecule has 0 atom stereocenters. The number of hydrogen-bond acceptors (Lipinski definition) is 3. The lowest BCUT2D eigenvalue weighted by Gasteiger charge is -2.09. The molecule has 0 fully saturated rings. The SMILES string of the molecule is CCc1ccc2oc(=O)cc(CNC(=O)c3ccccc3F)c2c1. The van der Waals surface area contributed by atoms with E-state index in [9.17, 15) is 14.0 Å². The van der Waals surface area contributed by atoms with Crippen LogP contribution in [-0.4, -0.2) is 5.91 Å². The van der Waals surface area contributed by atoms with Crippen molar-refractivity contribution in [2.45, 2.75) is 19.9 Å². The van der Waals surface area contributed by atoms with Gasteiger partial charge in [0.2, 0.25) is 0 Å². The molecule has 5 heteroatoms. The fourth-order valence-corrected chi connectivity index (χ4v) is 2.56. The maximum Gasteiger partial charge on any atom is 0.336 e. The van der Waals surface area contributed by atoms with E-state index in [-0.39, 0.29) is 12.1 Å². The Bertz CT molecular complexity index is 962. The number of aryl methyl sites for hydroxylation is 1. The summed E-state index contributed by atoms with van der Waals surface area (Å²) >= 11 is 0. The lowest BCUT2D eigenvalue weighted by atomic mass is 10.1. The molecule has 1 N–H and O–H groups in total. The highest BCUT2D eigenvalue weighted by atomic mass is 19.1. The minimum absolute atomic E-state index is 0.0287. The smallest absolute Gasteiger partial charge is 0.336 e. The first-order valence-electron chi connectivity index (χ1n) is 7.67. The van der Waals surface area contributed by atoms with Crippen molar-refractivity contribution in [1.82, 2.24) is 5.32 Å². The average Bonchev–Trinajstić information content (AvgIpc) is 2.59. The third-order valence-electron chi connectivity index (χ3n) is 3.86. The highest BCUT2D eigenvalue weighted by Crippen LogP contribution is 2.19. The number of halogens is 1. The first kappa shape index (κ1) is 15.9. The number of hydrogen-bond donors (Lipinski definition) is 1. The molecule has 122 valence electrons. The predicted octanol–water partition coefficient (Wildman–Crippen LogP) is 3.42. The van der Waals surface area contributed by atoms with Crippen molar-refractivity contribution in [3.05, 3.63) is 81.5 Å². The van der Waals surface area contributed by atoms with Crippen LogP contribution in [0.15, 0.2) is 57.7 Å². The second-order valence-corrected chi connectivity index (χ2v) is 5.44. The number of fused-ring (bicyclic) bond motifs is 1. The van der Waals surface area contributed by atoms with Crippen molar-refractivity contribution in [3.8, 4) is 0 Å². The quantitative estimate of drug-likeness (QED) is 0.748. The summed E-state index contributed by atoms with van der Waals surface area (Å²) in [6, 6.07) is 12.7. The van der Waals surface area contributed by atoms with Crippen molar-refractivity contribution in [2.24, 2.45) is 0 Å². The molecule has 1 heterocycles. The standard InChI is InChI=1S/C19H16FNO3/c1-2-12-7-8-17-15(9-12)13(10-18(22)24-17)11-21-19(23)14-5-3-4-6-16(14)20/h3-10H,2,11H2,1H3,(H,21,23). The molecule has 4 nitrogen and oxygen atoms in total. The number of rotatable bonds is 4. The first-order chi connectivity index (χ1) is 11.6. The fraction of sp³-hybridized carbons (Fsp3) is 0.158. The van der Waals surface area contributed by atoms with Crippen LogP contribution in [0.5, 0.6) is 0 Å². The van der Waals surface area contributed by atoms with Gasteiger partial charge in [-0.2, -0.15) is 0 Å². The van der Waals surface area contributed by atoms with Crippen molar-refractivity contribution < 1.29 is 13.6 Å². The van der Waals surface area contributed by atoms with Crippen LogP contribution >= 0.6 is 0 Å². The number of amides is 1. The van der Waals surface area contributed by atoms with Crippen LogP contribution in [0.2, 0.25) is 0 Å². The molecular formula is C19H16FNO3. The summed E-state index contributed by atoms with van der Waals surface area (Å²) in [4.78, 5) is 23.8. The Hall–Kier alpha value is -2.95. The van der Waals surface area contributed by atoms with Gasteiger partial charge in [0.15, 0.2) is 0 Å². The van der Waals surface area contributed by atoms with Gasteiger partial charge in [-0.1, -0.05) is 25.1 Å². The van der Waals surface area contributed by atoms with Crippen LogP contribution in [-0.2, 0) is 13.0 Å². The molecule has 0 aliphatic heterocycles. The molecular weight excluding hydrogens is 309 g/mol. The lowest BCUT2D eigenvalue weighted by molar-refractivity contribution is 0.0947. The van der Waals surface area contributed by atoms with E-state index >= 15 is 0 Å². The lowest BCUT2D eigenvalue weighted by Crippen LogP contribution is -2.24. The van der Waals surface area contributed by atoms with Gasteiger partial charge in [0.25, 0.3) is 5.91 Å². The Morgan fingerprint density at radius 1 is 1.17 bits per heavy atom. The molecule has 0 saturated heterocycles. The van der Waals surface area contributed by atoms with Gasteiger partial charge in [-0.3, -0.25) is 4.79 Å². The van der Waals surface area contributed by atoms with E-state index in [0.29, 0.717) is 11.1 Å². The van der Waals surface area contributed by atoms with Gasteiger partial charge in [-0.15, -0.1) is 0 Å². The molecule has 2 aromatic carbocycles. The molecule has 0 spiro atoms. The molecule has 0 aliphatic carbocycles. The van der Waals surface area contributed by atoms with Gasteiger partial charge in [-0.05, 0) is 41.8 Å². The Kier molecular flexibility index (Phi) is 4.42. The molecule has 1 amide bonds. The van der Waals surface area contributed by atoms with Crippen LogP contribution in [0.1, 0.15) is 28.4 Å². The molecule has 1 aromatic heterocycles. The maximum atomic E-state index is 13.7. The topological polar surface area (TPSA) is 59.3 Å². The molecule has 0 unspecified atom stereocenters. The van der Waals surface area contributed by atoms with Gasteiger partial charge in [0, 0.05) is 18.0 Å².